The average molecular weight is 289 g/mol. The summed E-state index contributed by atoms with van der Waals surface area (Å²) >= 11 is 0. The number of nitrogens with one attached hydrogen (secondary N) is 1. The molecule has 1 amide bonds. The van der Waals surface area contributed by atoms with E-state index in [1.54, 1.807) is 39.0 Å². The van der Waals surface area contributed by atoms with Gasteiger partial charge in [0.05, 0.1) is 19.2 Å². The van der Waals surface area contributed by atoms with Crippen molar-refractivity contribution in [2.45, 2.75) is 26.4 Å². The van der Waals surface area contributed by atoms with E-state index in [9.17, 15) is 9.59 Å². The molecule has 112 valence electrons. The van der Waals surface area contributed by atoms with Crippen LogP contribution in [-0.2, 0) is 4.74 Å². The lowest BCUT2D eigenvalue weighted by Crippen LogP contribution is -2.32. The van der Waals surface area contributed by atoms with Gasteiger partial charge in [-0.15, -0.1) is 0 Å². The summed E-state index contributed by atoms with van der Waals surface area (Å²) in [7, 11) is 1.50. The lowest BCUT2D eigenvalue weighted by molar-refractivity contribution is 0.0535. The van der Waals surface area contributed by atoms with Gasteiger partial charge in [-0.25, -0.2) is 4.79 Å². The quantitative estimate of drug-likeness (QED) is 0.685. The highest BCUT2D eigenvalue weighted by atomic mass is 16.6. The standard InChI is InChI=1S/C16H19NO4/c1-16(2,3)21-15(19)17-9-5-6-12-7-8-14(20-4)13(10-12)11-18/h7-8,10-11H,9H2,1-4H3,(H,17,19). The molecule has 0 unspecified atom stereocenters. The van der Waals surface area contributed by atoms with E-state index in [-0.39, 0.29) is 6.54 Å². The van der Waals surface area contributed by atoms with Crippen LogP contribution in [0.1, 0.15) is 36.7 Å². The van der Waals surface area contributed by atoms with Crippen LogP contribution in [0.25, 0.3) is 0 Å². The van der Waals surface area contributed by atoms with Crippen LogP contribution >= 0.6 is 0 Å². The molecular formula is C16H19NO4. The van der Waals surface area contributed by atoms with Gasteiger partial charge >= 0.3 is 6.09 Å². The highest BCUT2D eigenvalue weighted by Gasteiger charge is 2.14. The van der Waals surface area contributed by atoms with Gasteiger partial charge in [0.1, 0.15) is 11.4 Å². The Kier molecular flexibility index (Phi) is 5.79. The molecule has 0 aliphatic rings. The van der Waals surface area contributed by atoms with Gasteiger partial charge < -0.3 is 14.8 Å². The van der Waals surface area contributed by atoms with Crippen LogP contribution in [0.5, 0.6) is 5.75 Å². The lowest BCUT2D eigenvalue weighted by Gasteiger charge is -2.18. The first-order valence-electron chi connectivity index (χ1n) is 6.44. The summed E-state index contributed by atoms with van der Waals surface area (Å²) in [6.45, 7) is 5.53. The van der Waals surface area contributed by atoms with Crippen LogP contribution in [0.15, 0.2) is 18.2 Å². The second kappa shape index (κ2) is 7.34. The van der Waals surface area contributed by atoms with Crippen LogP contribution in [-0.4, -0.2) is 31.6 Å². The van der Waals surface area contributed by atoms with Crippen molar-refractivity contribution in [3.05, 3.63) is 29.3 Å². The minimum absolute atomic E-state index is 0.164. The van der Waals surface area contributed by atoms with Gasteiger partial charge in [-0.1, -0.05) is 11.8 Å². The highest BCUT2D eigenvalue weighted by Crippen LogP contribution is 2.17. The normalized spacial score (nSPS) is 10.1. The number of ether oxygens (including phenoxy) is 2. The summed E-state index contributed by atoms with van der Waals surface area (Å²) in [5.74, 6) is 6.14. The van der Waals surface area contributed by atoms with Gasteiger partial charge in [0.15, 0.2) is 6.29 Å². The molecule has 0 spiro atoms. The number of carbonyl (C=O) groups is 2. The zero-order valence-electron chi connectivity index (χ0n) is 12.6. The number of benzene rings is 1. The van der Waals surface area contributed by atoms with E-state index in [0.717, 1.165) is 0 Å². The van der Waals surface area contributed by atoms with E-state index < -0.39 is 11.7 Å². The number of alkyl carbamates (subject to hydrolysis) is 1. The van der Waals surface area contributed by atoms with E-state index in [2.05, 4.69) is 17.2 Å². The molecule has 0 aromatic heterocycles. The van der Waals surface area contributed by atoms with Crippen molar-refractivity contribution >= 4 is 12.4 Å². The van der Waals surface area contributed by atoms with Crippen LogP contribution < -0.4 is 10.1 Å². The molecule has 0 saturated carbocycles. The van der Waals surface area contributed by atoms with Crippen molar-refractivity contribution in [2.24, 2.45) is 0 Å². The predicted molar refractivity (Wildman–Crippen MR) is 79.5 cm³/mol. The molecule has 1 rings (SSSR count). The van der Waals surface area contributed by atoms with Crippen LogP contribution in [0.2, 0.25) is 0 Å². The molecule has 0 saturated heterocycles. The van der Waals surface area contributed by atoms with Crippen molar-refractivity contribution in [1.82, 2.24) is 5.32 Å². The number of carbonyl (C=O) groups excluding carboxylic acids is 2. The Hall–Kier alpha value is -2.48. The van der Waals surface area contributed by atoms with E-state index in [4.69, 9.17) is 9.47 Å². The Morgan fingerprint density at radius 3 is 2.67 bits per heavy atom. The van der Waals surface area contributed by atoms with Crippen molar-refractivity contribution < 1.29 is 19.1 Å². The van der Waals surface area contributed by atoms with Crippen molar-refractivity contribution in [1.29, 1.82) is 0 Å². The van der Waals surface area contributed by atoms with Gasteiger partial charge in [0.2, 0.25) is 0 Å². The number of aldehydes is 1. The molecule has 0 bridgehead atoms. The Labute approximate surface area is 124 Å². The zero-order chi connectivity index (χ0) is 15.9. The van der Waals surface area contributed by atoms with Crippen LogP contribution in [0.3, 0.4) is 0 Å². The molecule has 0 fully saturated rings. The second-order valence-corrected chi connectivity index (χ2v) is 5.23. The molecule has 1 aromatic carbocycles. The number of hydrogen-bond donors (Lipinski definition) is 1. The third-order valence-electron chi connectivity index (χ3n) is 2.31. The summed E-state index contributed by atoms with van der Waals surface area (Å²) in [6.07, 6.45) is 0.197. The number of methoxy groups -OCH3 is 1. The number of amides is 1. The molecule has 0 aliphatic carbocycles. The van der Waals surface area contributed by atoms with E-state index in [0.29, 0.717) is 23.2 Å². The average Bonchev–Trinajstić information content (AvgIpc) is 2.41. The van der Waals surface area contributed by atoms with E-state index >= 15 is 0 Å². The van der Waals surface area contributed by atoms with Crippen molar-refractivity contribution in [3.8, 4) is 17.6 Å². The Morgan fingerprint density at radius 1 is 1.38 bits per heavy atom. The number of rotatable bonds is 3. The Balaban J connectivity index is 2.59. The summed E-state index contributed by atoms with van der Waals surface area (Å²) in [5, 5.41) is 2.53. The fraction of sp³-hybridized carbons (Fsp3) is 0.375. The number of hydrogen-bond acceptors (Lipinski definition) is 4. The monoisotopic (exact) mass is 289 g/mol. The summed E-state index contributed by atoms with van der Waals surface area (Å²) in [5.41, 5.74) is 0.570. The van der Waals surface area contributed by atoms with Crippen LogP contribution in [0.4, 0.5) is 4.79 Å². The maximum Gasteiger partial charge on any atom is 0.408 e. The van der Waals surface area contributed by atoms with E-state index in [1.807, 2.05) is 0 Å². The lowest BCUT2D eigenvalue weighted by atomic mass is 10.1. The maximum atomic E-state index is 11.4. The van der Waals surface area contributed by atoms with Crippen molar-refractivity contribution in [3.63, 3.8) is 0 Å². The topological polar surface area (TPSA) is 64.6 Å². The molecule has 21 heavy (non-hydrogen) atoms. The molecule has 5 nitrogen and oxygen atoms in total. The van der Waals surface area contributed by atoms with Crippen molar-refractivity contribution in [2.75, 3.05) is 13.7 Å². The molecule has 0 heterocycles. The maximum absolute atomic E-state index is 11.4. The molecule has 0 atom stereocenters. The predicted octanol–water partition coefficient (Wildman–Crippen LogP) is 2.38. The fourth-order valence-electron chi connectivity index (χ4n) is 1.48. The highest BCUT2D eigenvalue weighted by molar-refractivity contribution is 5.80. The molecule has 1 aromatic rings. The van der Waals surface area contributed by atoms with Gasteiger partial charge in [0, 0.05) is 5.56 Å². The van der Waals surface area contributed by atoms with E-state index in [1.165, 1.54) is 7.11 Å². The SMILES string of the molecule is COc1ccc(C#CCNC(=O)OC(C)(C)C)cc1C=O. The first-order valence-corrected chi connectivity index (χ1v) is 6.44. The van der Waals surface area contributed by atoms with Crippen LogP contribution in [0, 0.1) is 11.8 Å². The first-order chi connectivity index (χ1) is 9.85. The molecular weight excluding hydrogens is 270 g/mol. The Morgan fingerprint density at radius 2 is 2.10 bits per heavy atom. The molecule has 0 aliphatic heterocycles. The molecule has 0 radical (unpaired) electrons. The third kappa shape index (κ3) is 6.00. The summed E-state index contributed by atoms with van der Waals surface area (Å²) in [6, 6.07) is 5.05. The van der Waals surface area contributed by atoms with Gasteiger partial charge in [0.25, 0.3) is 0 Å². The zero-order valence-corrected chi connectivity index (χ0v) is 12.6. The minimum Gasteiger partial charge on any atom is -0.496 e. The van der Waals surface area contributed by atoms with Gasteiger partial charge in [-0.05, 0) is 39.0 Å². The molecule has 1 N–H and O–H groups in total. The third-order valence-corrected chi connectivity index (χ3v) is 2.31. The Bertz CT molecular complexity index is 576. The second-order valence-electron chi connectivity index (χ2n) is 5.23. The minimum atomic E-state index is -0.535. The summed E-state index contributed by atoms with van der Waals surface area (Å²) in [4.78, 5) is 22.3. The molecule has 5 heteroatoms. The largest absolute Gasteiger partial charge is 0.496 e. The summed E-state index contributed by atoms with van der Waals surface area (Å²) < 4.78 is 10.1. The smallest absolute Gasteiger partial charge is 0.408 e. The van der Waals surface area contributed by atoms with Gasteiger partial charge in [-0.2, -0.15) is 0 Å². The first kappa shape index (κ1) is 16.6. The fourth-order valence-corrected chi connectivity index (χ4v) is 1.48. The van der Waals surface area contributed by atoms with Gasteiger partial charge in [-0.3, -0.25) is 4.79 Å².